The maximum Gasteiger partial charge on any atom is 0.255 e. The predicted octanol–water partition coefficient (Wildman–Crippen LogP) is 5.96. The molecule has 1 aliphatic heterocycles. The Labute approximate surface area is 202 Å². The Bertz CT molecular complexity index is 1070. The van der Waals surface area contributed by atoms with Crippen molar-refractivity contribution in [3.63, 3.8) is 0 Å². The Kier molecular flexibility index (Phi) is 7.81. The number of hydrogen-bond donors (Lipinski definition) is 0. The number of ether oxygens (including phenoxy) is 2. The first-order valence-electron chi connectivity index (χ1n) is 11.9. The average Bonchev–Trinajstić information content (AvgIpc) is 2.90. The molecule has 0 bridgehead atoms. The van der Waals surface area contributed by atoms with Gasteiger partial charge in [0.25, 0.3) is 5.91 Å². The molecule has 0 spiro atoms. The Morgan fingerprint density at radius 3 is 2.15 bits per heavy atom. The first-order valence-corrected chi connectivity index (χ1v) is 11.9. The number of hydrogen-bond acceptors (Lipinski definition) is 3. The molecule has 3 aromatic carbocycles. The van der Waals surface area contributed by atoms with E-state index in [2.05, 4.69) is 30.8 Å². The highest BCUT2D eigenvalue weighted by molar-refractivity contribution is 5.90. The molecule has 0 radical (unpaired) electrons. The molecule has 0 N–H and O–H groups in total. The molecule has 34 heavy (non-hydrogen) atoms. The van der Waals surface area contributed by atoms with E-state index in [1.54, 1.807) is 7.11 Å². The summed E-state index contributed by atoms with van der Waals surface area (Å²) in [5.41, 5.74) is 3.05. The van der Waals surface area contributed by atoms with Gasteiger partial charge in [0, 0.05) is 6.54 Å². The van der Waals surface area contributed by atoms with Crippen LogP contribution in [0.5, 0.6) is 5.75 Å². The van der Waals surface area contributed by atoms with Crippen molar-refractivity contribution in [1.29, 1.82) is 0 Å². The number of rotatable bonds is 12. The van der Waals surface area contributed by atoms with Crippen molar-refractivity contribution >= 4 is 5.91 Å². The number of β-lactam (4-membered cyclic amide) rings is 1. The summed E-state index contributed by atoms with van der Waals surface area (Å²) >= 11 is 0. The van der Waals surface area contributed by atoms with Crippen molar-refractivity contribution in [3.05, 3.63) is 114 Å². The van der Waals surface area contributed by atoms with Crippen molar-refractivity contribution in [2.75, 3.05) is 7.11 Å². The third-order valence-electron chi connectivity index (χ3n) is 6.75. The topological polar surface area (TPSA) is 38.8 Å². The van der Waals surface area contributed by atoms with E-state index in [9.17, 15) is 4.79 Å². The molecule has 1 fully saturated rings. The molecular formula is C30H33NO3. The third-order valence-corrected chi connectivity index (χ3v) is 6.75. The van der Waals surface area contributed by atoms with Gasteiger partial charge in [-0.3, -0.25) is 4.79 Å². The standard InChI is InChI=1S/C30H33NO3/c1-3-4-20-30(21-19-24-11-7-5-8-12-24)28(34-23-26-13-9-6-10-14-26)29(32)31(30)22-25-15-17-27(33-2)18-16-25/h3,5-18,28H,1,4,19-23H2,2H3. The second-order valence-electron chi connectivity index (χ2n) is 8.87. The summed E-state index contributed by atoms with van der Waals surface area (Å²) in [6, 6.07) is 28.5. The van der Waals surface area contributed by atoms with Crippen LogP contribution in [0.1, 0.15) is 36.0 Å². The molecule has 1 aliphatic rings. The Balaban J connectivity index is 1.59. The van der Waals surface area contributed by atoms with Gasteiger partial charge in [0.1, 0.15) is 5.75 Å². The lowest BCUT2D eigenvalue weighted by Crippen LogP contribution is -2.74. The Morgan fingerprint density at radius 2 is 1.53 bits per heavy atom. The molecule has 4 heteroatoms. The molecule has 3 aromatic rings. The summed E-state index contributed by atoms with van der Waals surface area (Å²) in [5, 5.41) is 0. The van der Waals surface area contributed by atoms with Gasteiger partial charge >= 0.3 is 0 Å². The number of likely N-dealkylation sites (tertiary alicyclic amines) is 1. The maximum atomic E-state index is 13.5. The monoisotopic (exact) mass is 455 g/mol. The van der Waals surface area contributed by atoms with Gasteiger partial charge in [0.2, 0.25) is 0 Å². The van der Waals surface area contributed by atoms with Crippen LogP contribution in [0, 0.1) is 0 Å². The van der Waals surface area contributed by atoms with E-state index >= 15 is 0 Å². The Morgan fingerprint density at radius 1 is 0.882 bits per heavy atom. The van der Waals surface area contributed by atoms with Crippen LogP contribution in [0.4, 0.5) is 0 Å². The number of amides is 1. The highest BCUT2D eigenvalue weighted by Gasteiger charge is 2.59. The van der Waals surface area contributed by atoms with Gasteiger partial charge in [-0.2, -0.15) is 0 Å². The quantitative estimate of drug-likeness (QED) is 0.250. The minimum Gasteiger partial charge on any atom is -0.497 e. The van der Waals surface area contributed by atoms with Gasteiger partial charge in [0.15, 0.2) is 6.10 Å². The van der Waals surface area contributed by atoms with Crippen LogP contribution in [-0.4, -0.2) is 29.6 Å². The van der Waals surface area contributed by atoms with E-state index in [0.29, 0.717) is 13.2 Å². The van der Waals surface area contributed by atoms with Crippen LogP contribution >= 0.6 is 0 Å². The van der Waals surface area contributed by atoms with Crippen molar-refractivity contribution in [3.8, 4) is 5.75 Å². The normalized spacial score (nSPS) is 19.5. The fourth-order valence-electron chi connectivity index (χ4n) is 4.81. The fourth-order valence-corrected chi connectivity index (χ4v) is 4.81. The molecule has 1 heterocycles. The van der Waals surface area contributed by atoms with E-state index in [4.69, 9.17) is 9.47 Å². The SMILES string of the molecule is C=CCCC1(CCc2ccccc2)C(OCc2ccccc2)C(=O)N1Cc1ccc(OC)cc1. The molecule has 2 atom stereocenters. The molecule has 0 aromatic heterocycles. The molecule has 4 rings (SSSR count). The molecule has 4 nitrogen and oxygen atoms in total. The summed E-state index contributed by atoms with van der Waals surface area (Å²) in [4.78, 5) is 15.5. The highest BCUT2D eigenvalue weighted by Crippen LogP contribution is 2.44. The minimum atomic E-state index is -0.463. The highest BCUT2D eigenvalue weighted by atomic mass is 16.5. The summed E-state index contributed by atoms with van der Waals surface area (Å²) in [5.74, 6) is 0.869. The van der Waals surface area contributed by atoms with Crippen LogP contribution in [-0.2, 0) is 29.1 Å². The first-order chi connectivity index (χ1) is 16.7. The zero-order valence-corrected chi connectivity index (χ0v) is 19.9. The van der Waals surface area contributed by atoms with E-state index in [1.807, 2.05) is 71.6 Å². The van der Waals surface area contributed by atoms with Gasteiger partial charge in [-0.05, 0) is 54.5 Å². The van der Waals surface area contributed by atoms with E-state index in [1.165, 1.54) is 5.56 Å². The van der Waals surface area contributed by atoms with Crippen LogP contribution in [0.3, 0.4) is 0 Å². The van der Waals surface area contributed by atoms with Gasteiger partial charge in [-0.25, -0.2) is 0 Å². The van der Waals surface area contributed by atoms with Crippen LogP contribution in [0.2, 0.25) is 0 Å². The summed E-state index contributed by atoms with van der Waals surface area (Å²) in [6.07, 6.45) is 4.85. The molecule has 0 aliphatic carbocycles. The smallest absolute Gasteiger partial charge is 0.255 e. The molecule has 2 unspecified atom stereocenters. The third kappa shape index (κ3) is 5.23. The summed E-state index contributed by atoms with van der Waals surface area (Å²) in [6.45, 7) is 4.93. The zero-order chi connectivity index (χ0) is 23.8. The largest absolute Gasteiger partial charge is 0.497 e. The van der Waals surface area contributed by atoms with E-state index in [-0.39, 0.29) is 11.4 Å². The molecular weight excluding hydrogens is 422 g/mol. The number of aryl methyl sites for hydroxylation is 1. The van der Waals surface area contributed by atoms with Gasteiger partial charge in [-0.1, -0.05) is 78.9 Å². The fraction of sp³-hybridized carbons (Fsp3) is 0.300. The Hall–Kier alpha value is -3.37. The number of carbonyl (C=O) groups is 1. The molecule has 176 valence electrons. The molecule has 1 amide bonds. The minimum absolute atomic E-state index is 0.0591. The van der Waals surface area contributed by atoms with Gasteiger partial charge < -0.3 is 14.4 Å². The average molecular weight is 456 g/mol. The zero-order valence-electron chi connectivity index (χ0n) is 19.9. The number of allylic oxidation sites excluding steroid dienone is 1. The molecule has 0 saturated carbocycles. The van der Waals surface area contributed by atoms with Crippen molar-refractivity contribution < 1.29 is 14.3 Å². The van der Waals surface area contributed by atoms with Crippen LogP contribution in [0.15, 0.2) is 97.6 Å². The number of benzene rings is 3. The van der Waals surface area contributed by atoms with E-state index in [0.717, 1.165) is 42.6 Å². The lowest BCUT2D eigenvalue weighted by Gasteiger charge is -2.57. The van der Waals surface area contributed by atoms with Crippen LogP contribution in [0.25, 0.3) is 0 Å². The van der Waals surface area contributed by atoms with E-state index < -0.39 is 6.10 Å². The van der Waals surface area contributed by atoms with Crippen molar-refractivity contribution in [2.24, 2.45) is 0 Å². The van der Waals surface area contributed by atoms with Crippen molar-refractivity contribution in [1.82, 2.24) is 4.90 Å². The summed E-state index contributed by atoms with van der Waals surface area (Å²) in [7, 11) is 1.66. The van der Waals surface area contributed by atoms with Gasteiger partial charge in [-0.15, -0.1) is 6.58 Å². The van der Waals surface area contributed by atoms with Crippen molar-refractivity contribution in [2.45, 2.75) is 50.5 Å². The number of nitrogens with zero attached hydrogens (tertiary/aromatic N) is 1. The first kappa shape index (κ1) is 23.8. The summed E-state index contributed by atoms with van der Waals surface area (Å²) < 4.78 is 11.6. The second kappa shape index (κ2) is 11.2. The van der Waals surface area contributed by atoms with Crippen LogP contribution < -0.4 is 4.74 Å². The predicted molar refractivity (Wildman–Crippen MR) is 135 cm³/mol. The molecule has 1 saturated heterocycles. The van der Waals surface area contributed by atoms with Gasteiger partial charge in [0.05, 0.1) is 19.3 Å². The number of carbonyl (C=O) groups excluding carboxylic acids is 1. The number of methoxy groups -OCH3 is 1. The second-order valence-corrected chi connectivity index (χ2v) is 8.87. The lowest BCUT2D eigenvalue weighted by molar-refractivity contribution is -0.202. The maximum absolute atomic E-state index is 13.5. The lowest BCUT2D eigenvalue weighted by atomic mass is 9.72.